The summed E-state index contributed by atoms with van der Waals surface area (Å²) in [6.45, 7) is 0. The summed E-state index contributed by atoms with van der Waals surface area (Å²) in [7, 11) is 1.43. The van der Waals surface area contributed by atoms with Crippen LogP contribution in [-0.4, -0.2) is 34.3 Å². The summed E-state index contributed by atoms with van der Waals surface area (Å²) in [5.74, 6) is -0.378. The lowest BCUT2D eigenvalue weighted by molar-refractivity contribution is 0.0210. The topological polar surface area (TPSA) is 96.2 Å². The molecule has 1 heterocycles. The van der Waals surface area contributed by atoms with E-state index in [9.17, 15) is 20.1 Å². The number of fused-ring (bicyclic) bond motifs is 1. The molecule has 0 radical (unpaired) electrons. The molecule has 2 atom stereocenters. The highest BCUT2D eigenvalue weighted by Crippen LogP contribution is 2.42. The number of carbonyl (C=O) groups excluding carboxylic acids is 1. The molecule has 0 saturated carbocycles. The number of ether oxygens (including phenoxy) is 2. The lowest BCUT2D eigenvalue weighted by atomic mass is 9.93. The normalized spacial score (nSPS) is 20.2. The van der Waals surface area contributed by atoms with Gasteiger partial charge in [0.05, 0.1) is 7.11 Å². The Hall–Kier alpha value is -2.73. The van der Waals surface area contributed by atoms with Gasteiger partial charge in [0, 0.05) is 12.1 Å². The van der Waals surface area contributed by atoms with Crippen LogP contribution in [0.25, 0.3) is 0 Å². The maximum absolute atomic E-state index is 12.3. The van der Waals surface area contributed by atoms with Crippen LogP contribution >= 0.6 is 0 Å². The summed E-state index contributed by atoms with van der Waals surface area (Å²) in [4.78, 5) is 12.3. The first-order valence-electron chi connectivity index (χ1n) is 6.60. The number of aliphatic hydroxyl groups excluding tert-OH is 1. The molecule has 0 unspecified atom stereocenters. The number of phenols is 2. The quantitative estimate of drug-likeness (QED) is 0.782. The Balaban J connectivity index is 2.06. The van der Waals surface area contributed by atoms with Gasteiger partial charge in [-0.3, -0.25) is 4.79 Å². The zero-order chi connectivity index (χ0) is 15.9. The lowest BCUT2D eigenvalue weighted by Gasteiger charge is -2.30. The maximum atomic E-state index is 12.3. The Morgan fingerprint density at radius 3 is 2.45 bits per heavy atom. The second-order valence-corrected chi connectivity index (χ2v) is 4.96. The van der Waals surface area contributed by atoms with Crippen molar-refractivity contribution in [2.24, 2.45) is 0 Å². The first-order chi connectivity index (χ1) is 10.5. The van der Waals surface area contributed by atoms with E-state index in [1.54, 1.807) is 12.1 Å². The van der Waals surface area contributed by atoms with E-state index in [2.05, 4.69) is 0 Å². The number of aliphatic hydroxyl groups is 1. The number of benzene rings is 2. The minimum atomic E-state index is -1.45. The SMILES string of the molecule is COc1cc(O)c2c(c1)O[C@@H](c1ccc(O)cc1)[C@@H](O)C2=O. The Bertz CT molecular complexity index is 722. The molecule has 2 aromatic rings. The highest BCUT2D eigenvalue weighted by molar-refractivity contribution is 6.05. The molecule has 0 spiro atoms. The molecular weight excluding hydrogens is 288 g/mol. The molecule has 6 heteroatoms. The number of rotatable bonds is 2. The van der Waals surface area contributed by atoms with Gasteiger partial charge in [0.2, 0.25) is 5.78 Å². The molecule has 0 aromatic heterocycles. The van der Waals surface area contributed by atoms with E-state index in [0.29, 0.717) is 11.3 Å². The van der Waals surface area contributed by atoms with Crippen LogP contribution in [0.15, 0.2) is 36.4 Å². The van der Waals surface area contributed by atoms with E-state index < -0.39 is 18.0 Å². The van der Waals surface area contributed by atoms with Crippen LogP contribution in [-0.2, 0) is 0 Å². The Labute approximate surface area is 126 Å². The van der Waals surface area contributed by atoms with Crippen LogP contribution in [0.1, 0.15) is 22.0 Å². The lowest BCUT2D eigenvalue weighted by Crippen LogP contribution is -2.36. The largest absolute Gasteiger partial charge is 0.508 e. The standard InChI is InChI=1S/C16H14O6/c1-21-10-6-11(18)13-12(7-10)22-16(15(20)14(13)19)8-2-4-9(17)5-3-8/h2-7,15-18,20H,1H3/t15-,16-/m0/s1. The van der Waals surface area contributed by atoms with Crippen molar-refractivity contribution < 1.29 is 29.6 Å². The molecule has 0 amide bonds. The third-order valence-corrected chi connectivity index (χ3v) is 3.57. The first-order valence-corrected chi connectivity index (χ1v) is 6.60. The number of ketones is 1. The summed E-state index contributed by atoms with van der Waals surface area (Å²) in [6, 6.07) is 8.76. The third-order valence-electron chi connectivity index (χ3n) is 3.57. The van der Waals surface area contributed by atoms with Gasteiger partial charge in [-0.25, -0.2) is 0 Å². The first kappa shape index (κ1) is 14.2. The summed E-state index contributed by atoms with van der Waals surface area (Å²) in [5, 5.41) is 29.4. The van der Waals surface area contributed by atoms with Crippen molar-refractivity contribution in [1.82, 2.24) is 0 Å². The van der Waals surface area contributed by atoms with Crippen molar-refractivity contribution in [2.45, 2.75) is 12.2 Å². The minimum absolute atomic E-state index is 0.0664. The van der Waals surface area contributed by atoms with Crippen LogP contribution in [0.2, 0.25) is 0 Å². The molecule has 6 nitrogen and oxygen atoms in total. The molecular formula is C16H14O6. The van der Waals surface area contributed by atoms with Crippen LogP contribution in [0.4, 0.5) is 0 Å². The maximum Gasteiger partial charge on any atom is 0.202 e. The molecule has 0 saturated heterocycles. The van der Waals surface area contributed by atoms with E-state index in [1.807, 2.05) is 0 Å². The number of hydrogen-bond donors (Lipinski definition) is 3. The number of aromatic hydroxyl groups is 2. The number of Topliss-reactive ketones (excluding diaryl/α,β-unsaturated/α-hetero) is 1. The van der Waals surface area contributed by atoms with Crippen LogP contribution in [0.3, 0.4) is 0 Å². The van der Waals surface area contributed by atoms with Crippen molar-refractivity contribution >= 4 is 5.78 Å². The minimum Gasteiger partial charge on any atom is -0.508 e. The molecule has 1 aliphatic rings. The van der Waals surface area contributed by atoms with Gasteiger partial charge in [-0.1, -0.05) is 12.1 Å². The van der Waals surface area contributed by atoms with Crippen LogP contribution in [0.5, 0.6) is 23.0 Å². The molecule has 22 heavy (non-hydrogen) atoms. The van der Waals surface area contributed by atoms with Gasteiger partial charge in [0.15, 0.2) is 12.2 Å². The fourth-order valence-corrected chi connectivity index (χ4v) is 2.44. The molecule has 114 valence electrons. The van der Waals surface area contributed by atoms with Gasteiger partial charge in [0.1, 0.15) is 28.6 Å². The van der Waals surface area contributed by atoms with Crippen molar-refractivity contribution in [2.75, 3.05) is 7.11 Å². The van der Waals surface area contributed by atoms with Gasteiger partial charge in [0.25, 0.3) is 0 Å². The Kier molecular flexibility index (Phi) is 3.38. The van der Waals surface area contributed by atoms with Gasteiger partial charge >= 0.3 is 0 Å². The summed E-state index contributed by atoms with van der Waals surface area (Å²) >= 11 is 0. The molecule has 0 bridgehead atoms. The number of phenolic OH excluding ortho intramolecular Hbond substituents is 2. The average Bonchev–Trinajstić information content (AvgIpc) is 2.51. The summed E-state index contributed by atoms with van der Waals surface area (Å²) in [5.41, 5.74) is 0.468. The van der Waals surface area contributed by atoms with E-state index in [-0.39, 0.29) is 22.8 Å². The van der Waals surface area contributed by atoms with E-state index in [4.69, 9.17) is 9.47 Å². The van der Waals surface area contributed by atoms with Gasteiger partial charge in [-0.2, -0.15) is 0 Å². The number of hydrogen-bond acceptors (Lipinski definition) is 6. The van der Waals surface area contributed by atoms with E-state index in [0.717, 1.165) is 0 Å². The molecule has 3 rings (SSSR count). The number of carbonyl (C=O) groups is 1. The average molecular weight is 302 g/mol. The zero-order valence-electron chi connectivity index (χ0n) is 11.7. The highest BCUT2D eigenvalue weighted by atomic mass is 16.5. The zero-order valence-corrected chi connectivity index (χ0v) is 11.7. The van der Waals surface area contributed by atoms with Crippen molar-refractivity contribution in [3.63, 3.8) is 0 Å². The van der Waals surface area contributed by atoms with Gasteiger partial charge in [-0.15, -0.1) is 0 Å². The second-order valence-electron chi connectivity index (χ2n) is 4.96. The summed E-state index contributed by atoms with van der Waals surface area (Å²) in [6.07, 6.45) is -2.37. The van der Waals surface area contributed by atoms with Gasteiger partial charge in [-0.05, 0) is 17.7 Å². The summed E-state index contributed by atoms with van der Waals surface area (Å²) < 4.78 is 10.7. The molecule has 3 N–H and O–H groups in total. The predicted octanol–water partition coefficient (Wildman–Crippen LogP) is 1.78. The number of methoxy groups -OCH3 is 1. The third kappa shape index (κ3) is 2.23. The fraction of sp³-hybridized carbons (Fsp3) is 0.188. The van der Waals surface area contributed by atoms with Crippen molar-refractivity contribution in [3.8, 4) is 23.0 Å². The molecule has 0 fully saturated rings. The predicted molar refractivity (Wildman–Crippen MR) is 76.5 cm³/mol. The van der Waals surface area contributed by atoms with Crippen LogP contribution in [0, 0.1) is 0 Å². The van der Waals surface area contributed by atoms with E-state index in [1.165, 1.54) is 31.4 Å². The smallest absolute Gasteiger partial charge is 0.202 e. The fourth-order valence-electron chi connectivity index (χ4n) is 2.44. The van der Waals surface area contributed by atoms with Gasteiger partial charge < -0.3 is 24.8 Å². The van der Waals surface area contributed by atoms with Crippen molar-refractivity contribution in [1.29, 1.82) is 0 Å². The highest BCUT2D eigenvalue weighted by Gasteiger charge is 2.39. The second kappa shape index (κ2) is 5.23. The molecule has 2 aromatic carbocycles. The van der Waals surface area contributed by atoms with E-state index >= 15 is 0 Å². The monoisotopic (exact) mass is 302 g/mol. The molecule has 1 aliphatic heterocycles. The van der Waals surface area contributed by atoms with Crippen molar-refractivity contribution in [3.05, 3.63) is 47.5 Å². The Morgan fingerprint density at radius 2 is 1.82 bits per heavy atom. The Morgan fingerprint density at radius 1 is 1.14 bits per heavy atom. The van der Waals surface area contributed by atoms with Crippen LogP contribution < -0.4 is 9.47 Å². The molecule has 0 aliphatic carbocycles.